The summed E-state index contributed by atoms with van der Waals surface area (Å²) in [6.07, 6.45) is 31.2. The average Bonchev–Trinajstić information content (AvgIpc) is 0.784. The van der Waals surface area contributed by atoms with Gasteiger partial charge in [0.15, 0.2) is 0 Å². The van der Waals surface area contributed by atoms with E-state index >= 15 is 0 Å². The summed E-state index contributed by atoms with van der Waals surface area (Å²) in [5.41, 5.74) is -1.62. The summed E-state index contributed by atoms with van der Waals surface area (Å²) in [7, 11) is 0. The van der Waals surface area contributed by atoms with E-state index in [0.717, 1.165) is 176 Å². The molecule has 0 bridgehead atoms. The van der Waals surface area contributed by atoms with Crippen LogP contribution in [0.3, 0.4) is 0 Å². The standard InChI is InChI=1S/C16H26O3S3.C15H32O4S4.C15H30S3.C13H23N3O3S3.C13H20O2S2.C10H17N3O3S3.CH4.13Y/c1-22-10-4-7-19-16-12-14(17-5-2-8-20)11-15(13-16)18-6-3-9-21;1-23-13-5-9-19-15(18-8-4-12-22)14(16-6-2-10-20)17-7-3-11-21;16-9-1-4-13-7-8-14(5-2-10-17)15(12-13)6-3-11-18;1-22-10-4-7-16-12(18)14(5-2-8-20)11(17)15(13(16)19)6-3-9-21;1-17-10-4-8-15-13-6-2-5-12(11-13)14-7-3-9-16;1-19-7-4-16-10-12-8(14-2-5-17)11-9(13-10)15-3-6-18;;;;;;;;;;;;;;/h11-13,20-21H,2-10H2,1H3;14-15,20-22H,2-13H2,1H3;13-18H,1-12H2;20-21H,2-10H2,1H3;2,5-6,11,16H,3-4,7-10H2,1H3;17-18H,2-7H2,1H3;1H4;;;;;;;;;;;;;/p-13. The van der Waals surface area contributed by atoms with Crippen LogP contribution in [0.2, 0.25) is 0 Å². The van der Waals surface area contributed by atoms with Gasteiger partial charge in [-0.25, -0.2) is 28.1 Å². The molecular weight excluding hydrogens is 3050 g/mol. The number of thioether (sulfide) groups is 5. The molecule has 1 aliphatic carbocycles. The molecule has 0 aliphatic heterocycles. The number of ether oxygens (including phenoxy) is 12. The van der Waals surface area contributed by atoms with E-state index in [1.165, 1.54) is 57.8 Å². The van der Waals surface area contributed by atoms with Crippen molar-refractivity contribution in [3.05, 3.63) is 73.9 Å². The van der Waals surface area contributed by atoms with Crippen LogP contribution in [0.15, 0.2) is 56.8 Å². The monoisotopic (exact) mass is 3190 g/mol. The van der Waals surface area contributed by atoms with E-state index in [4.69, 9.17) is 221 Å². The van der Waals surface area contributed by atoms with Gasteiger partial charge in [0, 0.05) is 495 Å². The Hall–Kier alpha value is 14.8. The van der Waals surface area contributed by atoms with Gasteiger partial charge in [-0.05, 0) is 142 Å². The minimum atomic E-state index is -0.553. The van der Waals surface area contributed by atoms with Gasteiger partial charge in [-0.3, -0.25) is 0 Å². The predicted molar refractivity (Wildman–Crippen MR) is 552 cm³/mol. The minimum absolute atomic E-state index is 0. The van der Waals surface area contributed by atoms with Crippen molar-refractivity contribution in [1.29, 1.82) is 0 Å². The van der Waals surface area contributed by atoms with E-state index in [2.05, 4.69) is 33.7 Å². The molecule has 4 unspecified atom stereocenters. The number of nitrogens with zero attached hydrogens (tertiary/aromatic N) is 6. The summed E-state index contributed by atoms with van der Waals surface area (Å²) in [5.74, 6) is 20.6. The summed E-state index contributed by atoms with van der Waals surface area (Å²) < 4.78 is 70.9. The molecule has 5 rings (SSSR count). The Morgan fingerprint density at radius 2 is 0.563 bits per heavy atom. The molecule has 135 heavy (non-hydrogen) atoms. The van der Waals surface area contributed by atoms with Crippen molar-refractivity contribution in [1.82, 2.24) is 28.7 Å². The fourth-order valence-electron chi connectivity index (χ4n) is 11.1. The second-order valence-electron chi connectivity index (χ2n) is 26.6. The Morgan fingerprint density at radius 1 is 0.296 bits per heavy atom. The molecule has 0 spiro atoms. The van der Waals surface area contributed by atoms with Gasteiger partial charge in [0.05, 0.1) is 52.9 Å². The van der Waals surface area contributed by atoms with Crippen molar-refractivity contribution in [2.45, 2.75) is 174 Å². The van der Waals surface area contributed by atoms with Gasteiger partial charge in [-0.2, -0.15) is 122 Å². The van der Waals surface area contributed by atoms with Crippen LogP contribution in [0.4, 0.5) is 0 Å². The summed E-state index contributed by atoms with van der Waals surface area (Å²) >= 11 is 73.0. The summed E-state index contributed by atoms with van der Waals surface area (Å²) in [6, 6.07) is 14.0. The second-order valence-corrected chi connectivity index (χ2v) is 36.8. The largest absolute Gasteiger partial charge is 0.793 e. The average molecular weight is 3190 g/mol. The molecule has 13 radical (unpaired) electrons. The maximum atomic E-state index is 12.4. The zero-order valence-electron chi connectivity index (χ0n) is 79.3. The third-order valence-corrected chi connectivity index (χ3v) is 23.8. The molecule has 2 aromatic heterocycles. The van der Waals surface area contributed by atoms with Crippen molar-refractivity contribution in [2.24, 2.45) is 17.8 Å². The summed E-state index contributed by atoms with van der Waals surface area (Å²) in [5, 5.41) is 0. The molecule has 0 amide bonds. The van der Waals surface area contributed by atoms with E-state index in [1.807, 2.05) is 78.5 Å². The van der Waals surface area contributed by atoms with Gasteiger partial charge in [0.25, 0.3) is 0 Å². The predicted octanol–water partition coefficient (Wildman–Crippen LogP) is 13.7. The van der Waals surface area contributed by atoms with Crippen LogP contribution in [0, 0.1) is 17.8 Å². The van der Waals surface area contributed by atoms with E-state index in [1.54, 1.807) is 35.3 Å². The summed E-state index contributed by atoms with van der Waals surface area (Å²) in [6.45, 7) is 7.63. The first-order chi connectivity index (χ1) is 59.1. The number of hydrogen-bond acceptors (Lipinski definition) is 36. The molecule has 0 N–H and O–H groups in total. The molecule has 0 saturated heterocycles. The van der Waals surface area contributed by atoms with Crippen LogP contribution in [0.1, 0.15) is 142 Å². The van der Waals surface area contributed by atoms with Crippen LogP contribution in [0.5, 0.6) is 46.8 Å². The Kier molecular flexibility index (Phi) is 188. The first-order valence-electron chi connectivity index (χ1n) is 41.6. The van der Waals surface area contributed by atoms with Crippen LogP contribution < -0.4 is 55.0 Å². The van der Waals surface area contributed by atoms with Gasteiger partial charge in [0.2, 0.25) is 12.6 Å². The first-order valence-corrected chi connectivity index (χ1v) is 56.1. The molecule has 4 aromatic rings. The molecule has 4 atom stereocenters. The smallest absolute Gasteiger partial charge is 0.336 e. The van der Waals surface area contributed by atoms with Crippen LogP contribution in [0.25, 0.3) is 0 Å². The molecule has 2 aromatic carbocycles. The maximum Gasteiger partial charge on any atom is 0.336 e. The number of rotatable bonds is 69. The van der Waals surface area contributed by atoms with Gasteiger partial charge in [-0.15, -0.1) is 26.5 Å². The Bertz CT molecular complexity index is 3130. The van der Waals surface area contributed by atoms with Crippen molar-refractivity contribution < 1.29 is 482 Å². The summed E-state index contributed by atoms with van der Waals surface area (Å²) in [4.78, 5) is 49.2. The first kappa shape index (κ1) is 182. The van der Waals surface area contributed by atoms with E-state index < -0.39 is 29.6 Å². The van der Waals surface area contributed by atoms with Gasteiger partial charge < -0.3 is 221 Å². The number of aromatic nitrogens is 6. The molecule has 21 nitrogen and oxygen atoms in total. The van der Waals surface area contributed by atoms with Crippen molar-refractivity contribution in [3.63, 3.8) is 0 Å². The Labute approximate surface area is 1230 Å². The molecule has 1 aliphatic rings. The van der Waals surface area contributed by atoms with E-state index in [0.29, 0.717) is 150 Å². The minimum Gasteiger partial charge on any atom is -0.793 e. The SMILES string of the molecule is C.CSCCCOC(OCCC[S-])C(OCCC[S-])OCCC[S-].CSCCCOc1cc(OCCC[S-])cc(OCCC[S-])c1.CSCCCOc1cccc(OCCC[S-])c1.CSCCCn1c(=O)n(CCC[S-])c(=O)n(CCC[S-])c1=O.CSCCOc1nc(OCC[S-])nc(OCC[S-])n1.[S-]CCCC1CCC(CCC[S-])C(CCC[S-])C1.[Y].[Y].[Y].[Y].[Y].[Y].[Y].[Y].[Y].[Y].[Y].[Y].[Y]. The van der Waals surface area contributed by atoms with Crippen molar-refractivity contribution >= 4 is 223 Å². The van der Waals surface area contributed by atoms with Gasteiger partial charge in [0.1, 0.15) is 35.4 Å². The molecule has 2 heterocycles. The van der Waals surface area contributed by atoms with E-state index in [-0.39, 0.29) is 464 Å². The quantitative estimate of drug-likeness (QED) is 0.0228. The van der Waals surface area contributed by atoms with Gasteiger partial charge in [-0.1, -0.05) is 90.5 Å². The topological polar surface area (TPSA) is 215 Å². The zero-order chi connectivity index (χ0) is 89.2. The zero-order valence-corrected chi connectivity index (χ0v) is 131. The fraction of sp³-hybridized carbons (Fsp3) is 0.783. The van der Waals surface area contributed by atoms with Gasteiger partial charge >= 0.3 is 35.1 Å². The third-order valence-electron chi connectivity index (χ3n) is 16.9. The molecule has 52 heteroatoms. The molecule has 1 saturated carbocycles. The molecule has 751 valence electrons. The third kappa shape index (κ3) is 104. The second kappa shape index (κ2) is 139. The molecular formula is C83H139N6O15S18Y13-13. The van der Waals surface area contributed by atoms with E-state index in [9.17, 15) is 14.4 Å². The Balaban J connectivity index is -0.0000000967. The maximum absolute atomic E-state index is 12.4. The van der Waals surface area contributed by atoms with Crippen molar-refractivity contribution in [2.75, 3.05) is 214 Å². The Morgan fingerprint density at radius 3 is 0.889 bits per heavy atom. The molecule has 1 fully saturated rings. The van der Waals surface area contributed by atoms with Crippen LogP contribution >= 0.6 is 58.8 Å². The van der Waals surface area contributed by atoms with Crippen LogP contribution in [-0.4, -0.2) is 255 Å². The number of hydrogen-bond donors (Lipinski definition) is 0. The van der Waals surface area contributed by atoms with Crippen LogP contribution in [-0.2, 0) is 628 Å². The fourth-order valence-corrected chi connectivity index (χ4v) is 14.6. The number of benzene rings is 2. The normalized spacial score (nSPS) is 12.2. The van der Waals surface area contributed by atoms with Crippen molar-refractivity contribution in [3.8, 4) is 46.8 Å².